The number of carbonyl (C=O) groups excluding carboxylic acids is 2. The second-order valence-corrected chi connectivity index (χ2v) is 11.9. The Kier molecular flexibility index (Phi) is 7.21. The van der Waals surface area contributed by atoms with E-state index in [1.165, 1.54) is 10.4 Å². The number of fused-ring (bicyclic) bond motifs is 2. The highest BCUT2D eigenvalue weighted by Crippen LogP contribution is 2.36. The molecule has 8 heteroatoms. The average Bonchev–Trinajstić information content (AvgIpc) is 3.42. The number of rotatable bonds is 9. The summed E-state index contributed by atoms with van der Waals surface area (Å²) in [6.07, 6.45) is 3.00. The third-order valence-electron chi connectivity index (χ3n) is 7.78. The molecule has 204 valence electrons. The Balaban J connectivity index is 1.19. The van der Waals surface area contributed by atoms with E-state index in [4.69, 9.17) is 14.2 Å². The fourth-order valence-electron chi connectivity index (χ4n) is 5.30. The van der Waals surface area contributed by atoms with Crippen molar-refractivity contribution in [2.45, 2.75) is 45.1 Å². The first-order chi connectivity index (χ1) is 19.0. The fraction of sp³-hybridized carbons (Fsp3) is 0.419. The van der Waals surface area contributed by atoms with Crippen LogP contribution in [0.1, 0.15) is 65.0 Å². The van der Waals surface area contributed by atoms with E-state index in [1.807, 2.05) is 17.0 Å². The van der Waals surface area contributed by atoms with E-state index < -0.39 is 0 Å². The lowest BCUT2D eigenvalue weighted by molar-refractivity contribution is -0.135. The molecule has 3 aromatic rings. The summed E-state index contributed by atoms with van der Waals surface area (Å²) in [4.78, 5) is 32.3. The maximum absolute atomic E-state index is 13.8. The van der Waals surface area contributed by atoms with Crippen molar-refractivity contribution in [3.63, 3.8) is 0 Å². The largest absolute Gasteiger partial charge is 0.491 e. The van der Waals surface area contributed by atoms with Gasteiger partial charge in [-0.05, 0) is 84.0 Å². The number of benzene rings is 2. The minimum atomic E-state index is -0.194. The van der Waals surface area contributed by atoms with E-state index in [-0.39, 0.29) is 31.2 Å². The predicted octanol–water partition coefficient (Wildman–Crippen LogP) is 5.66. The van der Waals surface area contributed by atoms with Gasteiger partial charge in [0.2, 0.25) is 12.7 Å². The average molecular weight is 547 g/mol. The smallest absolute Gasteiger partial charge is 0.254 e. The molecule has 39 heavy (non-hydrogen) atoms. The van der Waals surface area contributed by atoms with Gasteiger partial charge in [-0.3, -0.25) is 9.59 Å². The van der Waals surface area contributed by atoms with Gasteiger partial charge in [-0.1, -0.05) is 26.0 Å². The van der Waals surface area contributed by atoms with Gasteiger partial charge in [-0.2, -0.15) is 0 Å². The van der Waals surface area contributed by atoms with Crippen molar-refractivity contribution in [1.29, 1.82) is 0 Å². The molecular formula is C31H34N2O5S. The van der Waals surface area contributed by atoms with Gasteiger partial charge in [0.15, 0.2) is 11.5 Å². The number of thiophene rings is 1. The first-order valence-corrected chi connectivity index (χ1v) is 14.6. The van der Waals surface area contributed by atoms with Crippen LogP contribution in [0, 0.1) is 5.92 Å². The normalized spacial score (nSPS) is 17.7. The van der Waals surface area contributed by atoms with Gasteiger partial charge in [0.25, 0.3) is 5.91 Å². The van der Waals surface area contributed by atoms with E-state index in [2.05, 4.69) is 37.4 Å². The molecule has 1 aliphatic carbocycles. The Hall–Kier alpha value is -3.52. The molecule has 3 aliphatic rings. The topological polar surface area (TPSA) is 68.3 Å². The van der Waals surface area contributed by atoms with Gasteiger partial charge in [0, 0.05) is 23.5 Å². The van der Waals surface area contributed by atoms with Crippen LogP contribution >= 0.6 is 11.3 Å². The Morgan fingerprint density at radius 2 is 1.87 bits per heavy atom. The molecule has 1 saturated carbocycles. The molecule has 7 nitrogen and oxygen atoms in total. The predicted molar refractivity (Wildman–Crippen MR) is 150 cm³/mol. The summed E-state index contributed by atoms with van der Waals surface area (Å²) in [6, 6.07) is 15.3. The highest BCUT2D eigenvalue weighted by atomic mass is 32.1. The summed E-state index contributed by atoms with van der Waals surface area (Å²) in [5.74, 6) is 2.70. The number of carbonyl (C=O) groups is 2. The molecule has 0 saturated heterocycles. The highest BCUT2D eigenvalue weighted by Gasteiger charge is 2.35. The molecule has 0 bridgehead atoms. The molecule has 3 heterocycles. The summed E-state index contributed by atoms with van der Waals surface area (Å²) in [6.45, 7) is 6.11. The molecule has 0 unspecified atom stereocenters. The lowest BCUT2D eigenvalue weighted by atomic mass is 10.00. The van der Waals surface area contributed by atoms with Gasteiger partial charge < -0.3 is 24.0 Å². The molecule has 6 rings (SSSR count). The van der Waals surface area contributed by atoms with Crippen molar-refractivity contribution >= 4 is 23.2 Å². The molecule has 2 aromatic carbocycles. The van der Waals surface area contributed by atoms with Crippen molar-refractivity contribution in [3.05, 3.63) is 75.5 Å². The van der Waals surface area contributed by atoms with E-state index in [9.17, 15) is 9.59 Å². The van der Waals surface area contributed by atoms with Crippen molar-refractivity contribution in [1.82, 2.24) is 9.80 Å². The minimum absolute atomic E-state index is 0.0445. The molecule has 2 aliphatic heterocycles. The van der Waals surface area contributed by atoms with Crippen LogP contribution in [0.4, 0.5) is 0 Å². The summed E-state index contributed by atoms with van der Waals surface area (Å²) in [5, 5.41) is 2.09. The fourth-order valence-corrected chi connectivity index (χ4v) is 6.22. The van der Waals surface area contributed by atoms with E-state index in [0.29, 0.717) is 48.6 Å². The molecule has 0 spiro atoms. The number of ether oxygens (including phenoxy) is 3. The second kappa shape index (κ2) is 10.9. The van der Waals surface area contributed by atoms with E-state index in [0.717, 1.165) is 30.6 Å². The molecule has 1 aromatic heterocycles. The van der Waals surface area contributed by atoms with Gasteiger partial charge in [0.1, 0.15) is 18.9 Å². The van der Waals surface area contributed by atoms with Crippen LogP contribution in [0.2, 0.25) is 0 Å². The lowest BCUT2D eigenvalue weighted by Crippen LogP contribution is -2.48. The van der Waals surface area contributed by atoms with Crippen LogP contribution in [0.3, 0.4) is 0 Å². The Labute approximate surface area is 233 Å². The van der Waals surface area contributed by atoms with Crippen LogP contribution in [0.25, 0.3) is 0 Å². The Bertz CT molecular complexity index is 1350. The number of nitrogens with zero attached hydrogens (tertiary/aromatic N) is 2. The minimum Gasteiger partial charge on any atom is -0.491 e. The monoisotopic (exact) mass is 546 g/mol. The van der Waals surface area contributed by atoms with Gasteiger partial charge in [0.05, 0.1) is 6.04 Å². The molecule has 0 N–H and O–H groups in total. The molecule has 2 amide bonds. The zero-order valence-electron chi connectivity index (χ0n) is 22.4. The zero-order chi connectivity index (χ0) is 26.9. The number of amides is 2. The van der Waals surface area contributed by atoms with Crippen molar-refractivity contribution < 1.29 is 23.8 Å². The maximum Gasteiger partial charge on any atom is 0.254 e. The molecule has 0 radical (unpaired) electrons. The van der Waals surface area contributed by atoms with Gasteiger partial charge in [-0.15, -0.1) is 11.3 Å². The summed E-state index contributed by atoms with van der Waals surface area (Å²) in [7, 11) is 0. The van der Waals surface area contributed by atoms with Gasteiger partial charge in [-0.25, -0.2) is 0 Å². The van der Waals surface area contributed by atoms with Crippen LogP contribution in [0.15, 0.2) is 53.9 Å². The van der Waals surface area contributed by atoms with E-state index in [1.54, 1.807) is 34.4 Å². The van der Waals surface area contributed by atoms with Crippen LogP contribution < -0.4 is 14.2 Å². The van der Waals surface area contributed by atoms with Crippen LogP contribution in [-0.4, -0.2) is 54.6 Å². The highest BCUT2D eigenvalue weighted by molar-refractivity contribution is 7.10. The summed E-state index contributed by atoms with van der Waals surface area (Å²) in [5.41, 5.74) is 2.92. The number of hydrogen-bond donors (Lipinski definition) is 0. The standard InChI is InChI=1S/C31H34N2O5S/c1-20(2)22-5-8-24(9-6-22)36-18-26-25-12-14-39-29(25)11-13-33(26)30(34)17-32(16-21-3-4-21)31(35)23-7-10-27-28(15-23)38-19-37-27/h5-10,12,14-15,20-21,26H,3-4,11,13,16-19H2,1-2H3/t26-/m0/s1. The SMILES string of the molecule is CC(C)c1ccc(OC[C@H]2c3ccsc3CCN2C(=O)CN(CC2CC2)C(=O)c2ccc3c(c2)OCO3)cc1. The van der Waals surface area contributed by atoms with Crippen LogP contribution in [0.5, 0.6) is 17.2 Å². The number of hydrogen-bond acceptors (Lipinski definition) is 6. The van der Waals surface area contributed by atoms with Crippen LogP contribution in [-0.2, 0) is 11.2 Å². The molecule has 1 fully saturated rings. The quantitative estimate of drug-likeness (QED) is 0.347. The molecular weight excluding hydrogens is 512 g/mol. The first kappa shape index (κ1) is 25.7. The van der Waals surface area contributed by atoms with Crippen molar-refractivity contribution in [2.75, 3.05) is 33.0 Å². The van der Waals surface area contributed by atoms with E-state index >= 15 is 0 Å². The Morgan fingerprint density at radius 3 is 2.64 bits per heavy atom. The lowest BCUT2D eigenvalue weighted by Gasteiger charge is -2.37. The summed E-state index contributed by atoms with van der Waals surface area (Å²) < 4.78 is 17.1. The summed E-state index contributed by atoms with van der Waals surface area (Å²) >= 11 is 1.73. The van der Waals surface area contributed by atoms with Gasteiger partial charge >= 0.3 is 0 Å². The van der Waals surface area contributed by atoms with Crippen molar-refractivity contribution in [3.8, 4) is 17.2 Å². The maximum atomic E-state index is 13.8. The molecule has 1 atom stereocenters. The third-order valence-corrected chi connectivity index (χ3v) is 8.77. The zero-order valence-corrected chi connectivity index (χ0v) is 23.2. The third kappa shape index (κ3) is 5.62. The van der Waals surface area contributed by atoms with Crippen molar-refractivity contribution in [2.24, 2.45) is 5.92 Å². The Morgan fingerprint density at radius 1 is 1.08 bits per heavy atom. The first-order valence-electron chi connectivity index (χ1n) is 13.7. The second-order valence-electron chi connectivity index (χ2n) is 10.9.